The number of hydrogen-bond acceptors (Lipinski definition) is 15. The smallest absolute Gasteiger partial charge is 0.329 e. The van der Waals surface area contributed by atoms with E-state index in [1.54, 1.807) is 6.20 Å². The van der Waals surface area contributed by atoms with Gasteiger partial charge in [0.1, 0.15) is 42.3 Å². The van der Waals surface area contributed by atoms with E-state index in [4.69, 9.17) is 16.2 Å². The minimum atomic E-state index is -1.64. The zero-order valence-electron chi connectivity index (χ0n) is 40.8. The lowest BCUT2D eigenvalue weighted by molar-refractivity contribution is -0.155. The van der Waals surface area contributed by atoms with E-state index in [0.29, 0.717) is 44.2 Å². The summed E-state index contributed by atoms with van der Waals surface area (Å²) in [6.45, 7) is 0.240. The number of hydrogen-bond donors (Lipinski definition) is 11. The third-order valence-corrected chi connectivity index (χ3v) is 13.7. The van der Waals surface area contributed by atoms with Crippen molar-refractivity contribution in [3.63, 3.8) is 0 Å². The summed E-state index contributed by atoms with van der Waals surface area (Å²) in [5, 5.41) is 16.8. The molecule has 396 valence electrons. The Morgan fingerprint density at radius 2 is 1.47 bits per heavy atom. The highest BCUT2D eigenvalue weighted by atomic mass is 32.1. The van der Waals surface area contributed by atoms with Gasteiger partial charge in [-0.2, -0.15) is 25.3 Å². The Balaban J connectivity index is 1.49. The van der Waals surface area contributed by atoms with Crippen molar-refractivity contribution < 1.29 is 52.7 Å². The van der Waals surface area contributed by atoms with Crippen LogP contribution in [0.15, 0.2) is 30.5 Å². The highest BCUT2D eigenvalue weighted by molar-refractivity contribution is 7.80. The van der Waals surface area contributed by atoms with Crippen molar-refractivity contribution in [2.24, 2.45) is 11.5 Å². The predicted octanol–water partition coefficient (Wildman–Crippen LogP) is -2.25. The largest absolute Gasteiger partial charge is 0.454 e. The van der Waals surface area contributed by atoms with Gasteiger partial charge in [0.15, 0.2) is 6.61 Å². The summed E-state index contributed by atoms with van der Waals surface area (Å²) in [4.78, 5) is 145. The third kappa shape index (κ3) is 16.0. The molecule has 25 heteroatoms. The summed E-state index contributed by atoms with van der Waals surface area (Å²) in [6.07, 6.45) is 3.86. The normalized spacial score (nSPS) is 24.8. The van der Waals surface area contributed by atoms with E-state index < -0.39 is 120 Å². The number of carbonyl (C=O) groups excluding carboxylic acids is 10. The monoisotopic (exact) mass is 1040 g/mol. The van der Waals surface area contributed by atoms with E-state index >= 15 is 0 Å². The zero-order valence-corrected chi connectivity index (χ0v) is 42.6. The lowest BCUT2D eigenvalue weighted by Crippen LogP contribution is -2.59. The second-order valence-electron chi connectivity index (χ2n) is 18.6. The van der Waals surface area contributed by atoms with Gasteiger partial charge < -0.3 is 67.8 Å². The number of cyclic esters (lactones) is 1. The fraction of sp³-hybridized carbons (Fsp3) is 0.617. The molecule has 1 aromatic heterocycles. The first-order chi connectivity index (χ1) is 34.4. The summed E-state index contributed by atoms with van der Waals surface area (Å²) in [6, 6.07) is -2.63. The zero-order chi connectivity index (χ0) is 52.5. The van der Waals surface area contributed by atoms with Crippen molar-refractivity contribution in [2.75, 3.05) is 58.4 Å². The predicted molar refractivity (Wildman–Crippen MR) is 271 cm³/mol. The molecule has 72 heavy (non-hydrogen) atoms. The molecule has 9 amide bonds. The maximum Gasteiger partial charge on any atom is 0.329 e. The molecule has 8 atom stereocenters. The Bertz CT molecular complexity index is 2280. The number of likely N-dealkylation sites (tertiary alicyclic amines) is 1. The van der Waals surface area contributed by atoms with Crippen LogP contribution < -0.4 is 43.4 Å². The molecular weight excluding hydrogens is 973 g/mol. The second-order valence-corrected chi connectivity index (χ2v) is 19.4. The van der Waals surface area contributed by atoms with Crippen LogP contribution >= 0.6 is 25.3 Å². The average molecular weight is 1040 g/mol. The Morgan fingerprint density at radius 3 is 2.17 bits per heavy atom. The SMILES string of the molecule is CN(C)CCCC[C@@H]1NC(=O)[C@H](CS)NC(=O)C[C@@H](C(=O)N2CCC[C@H]2C(N)=O)NC(=O)C(CCCCNC(=O)C(N)CS)NC(=O)[C@@H]2CCCN2C(=O)COC(=O)[C@H](Cc2c[nH]c3ccccc23)NC1=O. The maximum atomic E-state index is 14.4. The molecule has 5 rings (SSSR count). The van der Waals surface area contributed by atoms with E-state index in [-0.39, 0.29) is 69.7 Å². The van der Waals surface area contributed by atoms with Crippen molar-refractivity contribution in [2.45, 2.75) is 125 Å². The molecule has 0 aliphatic carbocycles. The number of benzene rings is 1. The van der Waals surface area contributed by atoms with Crippen LogP contribution in [0, 0.1) is 0 Å². The third-order valence-electron chi connectivity index (χ3n) is 13.0. The number of primary amides is 1. The number of nitrogens with zero attached hydrogens (tertiary/aromatic N) is 3. The van der Waals surface area contributed by atoms with Gasteiger partial charge in [0, 0.05) is 54.7 Å². The number of amides is 9. The highest BCUT2D eigenvalue weighted by Crippen LogP contribution is 2.23. The van der Waals surface area contributed by atoms with Gasteiger partial charge in [-0.3, -0.25) is 43.2 Å². The van der Waals surface area contributed by atoms with Gasteiger partial charge in [-0.25, -0.2) is 4.79 Å². The molecule has 0 radical (unpaired) electrons. The van der Waals surface area contributed by atoms with Gasteiger partial charge in [-0.1, -0.05) is 18.2 Å². The fourth-order valence-electron chi connectivity index (χ4n) is 9.03. The summed E-state index contributed by atoms with van der Waals surface area (Å²) < 4.78 is 5.60. The molecule has 23 nitrogen and oxygen atoms in total. The van der Waals surface area contributed by atoms with E-state index in [9.17, 15) is 47.9 Å². The van der Waals surface area contributed by atoms with Crippen molar-refractivity contribution >= 4 is 95.3 Å². The average Bonchev–Trinajstić information content (AvgIpc) is 4.15. The van der Waals surface area contributed by atoms with Crippen LogP contribution in [0.3, 0.4) is 0 Å². The highest BCUT2D eigenvalue weighted by Gasteiger charge is 2.41. The number of unbranched alkanes of at least 4 members (excludes halogenated alkanes) is 2. The van der Waals surface area contributed by atoms with Crippen LogP contribution in [0.1, 0.15) is 76.2 Å². The number of esters is 1. The number of aromatic amines is 1. The first-order valence-electron chi connectivity index (χ1n) is 24.4. The molecule has 0 spiro atoms. The number of nitrogens with two attached hydrogens (primary N) is 2. The summed E-state index contributed by atoms with van der Waals surface area (Å²) in [5.74, 6) is -7.92. The van der Waals surface area contributed by atoms with Crippen LogP contribution in [-0.4, -0.2) is 186 Å². The molecule has 2 unspecified atom stereocenters. The molecule has 3 saturated heterocycles. The Hall–Kier alpha value is -5.92. The maximum absolute atomic E-state index is 14.4. The summed E-state index contributed by atoms with van der Waals surface area (Å²) in [7, 11) is 3.78. The van der Waals surface area contributed by atoms with Gasteiger partial charge in [-0.05, 0) is 96.5 Å². The Labute approximate surface area is 429 Å². The summed E-state index contributed by atoms with van der Waals surface area (Å²) >= 11 is 8.37. The molecule has 3 aliphatic rings. The number of ether oxygens (including phenoxy) is 1. The molecule has 4 heterocycles. The molecule has 3 fully saturated rings. The topological polar surface area (TPSA) is 330 Å². The minimum Gasteiger partial charge on any atom is -0.454 e. The van der Waals surface area contributed by atoms with Crippen LogP contribution in [0.25, 0.3) is 10.9 Å². The first kappa shape index (κ1) is 57.0. The minimum absolute atomic E-state index is 0.0349. The van der Waals surface area contributed by atoms with Crippen molar-refractivity contribution in [1.29, 1.82) is 0 Å². The van der Waals surface area contributed by atoms with Crippen molar-refractivity contribution in [3.8, 4) is 0 Å². The molecule has 2 aromatic rings. The number of rotatable bonds is 17. The number of aromatic nitrogens is 1. The number of H-pyrrole nitrogens is 1. The van der Waals surface area contributed by atoms with E-state index in [2.05, 4.69) is 62.1 Å². The molecule has 1 aromatic carbocycles. The number of carbonyl (C=O) groups is 10. The fourth-order valence-corrected chi connectivity index (χ4v) is 9.45. The van der Waals surface area contributed by atoms with Gasteiger partial charge in [0.2, 0.25) is 47.3 Å². The van der Waals surface area contributed by atoms with Gasteiger partial charge in [0.25, 0.3) is 5.91 Å². The lowest BCUT2D eigenvalue weighted by atomic mass is 10.0. The molecular formula is C47H70N12O11S2. The Morgan fingerprint density at radius 1 is 0.819 bits per heavy atom. The molecule has 3 aliphatic heterocycles. The standard InChI is InChI=1S/C47H70N12O11S2/c1-57(2)18-8-6-14-31-43(65)56-34(21-27-23-51-30-12-4-3-11-28(27)30)47(69)70-24-39(61)58-19-10-16-37(58)45(67)54-32(13-5-7-17-50-41(63)29(48)25-71)42(64)55-33(22-38(60)52-35(26-72)44(66)53-31)46(68)59-20-9-15-36(59)40(49)62/h3-4,11-12,23,29,31-37,51,71-72H,5-10,13-22,24-26,48H2,1-2H3,(H2,49,62)(H,50,63)(H,52,60)(H,53,66)(H,54,67)(H,55,64)(H,56,65)/t29?,31-,32?,33-,34-,35-,36-,37-/m0/s1. The van der Waals surface area contributed by atoms with Crippen molar-refractivity contribution in [1.82, 2.24) is 51.6 Å². The first-order valence-corrected chi connectivity index (χ1v) is 25.7. The van der Waals surface area contributed by atoms with Gasteiger partial charge in [-0.15, -0.1) is 0 Å². The second kappa shape index (κ2) is 27.8. The van der Waals surface area contributed by atoms with Crippen LogP contribution in [0.2, 0.25) is 0 Å². The van der Waals surface area contributed by atoms with Crippen LogP contribution in [0.5, 0.6) is 0 Å². The van der Waals surface area contributed by atoms with Crippen LogP contribution in [0.4, 0.5) is 0 Å². The number of thiol groups is 2. The quantitative estimate of drug-likeness (QED) is 0.0454. The van der Waals surface area contributed by atoms with Crippen LogP contribution in [-0.2, 0) is 59.1 Å². The molecule has 0 bridgehead atoms. The number of fused-ring (bicyclic) bond motifs is 2. The van der Waals surface area contributed by atoms with Gasteiger partial charge in [0.05, 0.1) is 12.5 Å². The lowest BCUT2D eigenvalue weighted by Gasteiger charge is -2.30. The number of nitrogens with one attached hydrogen (secondary N) is 7. The van der Waals surface area contributed by atoms with Gasteiger partial charge >= 0.3 is 5.97 Å². The summed E-state index contributed by atoms with van der Waals surface area (Å²) in [5.41, 5.74) is 12.8. The molecule has 0 saturated carbocycles. The Kier molecular flexibility index (Phi) is 22.0. The van der Waals surface area contributed by atoms with Crippen molar-refractivity contribution in [3.05, 3.63) is 36.0 Å². The van der Waals surface area contributed by atoms with E-state index in [0.717, 1.165) is 10.9 Å². The van der Waals surface area contributed by atoms with E-state index in [1.807, 2.05) is 43.3 Å². The van der Waals surface area contributed by atoms with E-state index in [1.165, 1.54) is 9.80 Å². The number of para-hydroxylation sites is 1. The molecule has 11 N–H and O–H groups in total.